The molecule has 0 heterocycles. The molecule has 1 aromatic carbocycles. The Balaban J connectivity index is 3.55. The highest BCUT2D eigenvalue weighted by atomic mass is 16.6. The van der Waals surface area contributed by atoms with Crippen LogP contribution in [0.2, 0.25) is 0 Å². The van der Waals surface area contributed by atoms with E-state index in [0.29, 0.717) is 11.1 Å². The van der Waals surface area contributed by atoms with Gasteiger partial charge in [-0.25, -0.2) is 4.79 Å². The second kappa shape index (κ2) is 14.3. The zero-order chi connectivity index (χ0) is 30.0. The van der Waals surface area contributed by atoms with E-state index in [4.69, 9.17) is 15.2 Å². The van der Waals surface area contributed by atoms with Crippen molar-refractivity contribution in [1.82, 2.24) is 15.5 Å². The molecule has 39 heavy (non-hydrogen) atoms. The zero-order valence-corrected chi connectivity index (χ0v) is 24.0. The van der Waals surface area contributed by atoms with Crippen LogP contribution in [0.15, 0.2) is 30.8 Å². The molecule has 2 atom stereocenters. The molecule has 216 valence electrons. The molecule has 0 aromatic heterocycles. The molecule has 11 nitrogen and oxygen atoms in total. The topological polar surface area (TPSA) is 157 Å². The number of amides is 4. The molecule has 0 radical (unpaired) electrons. The third-order valence-electron chi connectivity index (χ3n) is 5.26. The lowest BCUT2D eigenvalue weighted by atomic mass is 9.94. The van der Waals surface area contributed by atoms with Crippen molar-refractivity contribution in [1.29, 1.82) is 0 Å². The summed E-state index contributed by atoms with van der Waals surface area (Å²) in [6.45, 7) is 15.8. The first-order valence-corrected chi connectivity index (χ1v) is 12.8. The van der Waals surface area contributed by atoms with Gasteiger partial charge in [0.25, 0.3) is 0 Å². The predicted octanol–water partition coefficient (Wildman–Crippen LogP) is 2.84. The van der Waals surface area contributed by atoms with Gasteiger partial charge in [0.1, 0.15) is 17.7 Å². The standard InChI is InChI=1S/C28H42N4O7/c1-9-18-12-11-13-19(16-18)23(24(35)30-15-14-22(34)38-10-2)32(27(3,4)5)25(36)20(17-21(29)33)31-26(37)39-28(6,7)8/h9,11-13,16,20,23H,1,10,14-15,17H2,2-8H3,(H2,29,33)(H,30,35)(H,31,37). The maximum atomic E-state index is 14.0. The van der Waals surface area contributed by atoms with Gasteiger partial charge in [0.15, 0.2) is 0 Å². The summed E-state index contributed by atoms with van der Waals surface area (Å²) in [5.41, 5.74) is 4.74. The Morgan fingerprint density at radius 1 is 1.10 bits per heavy atom. The maximum Gasteiger partial charge on any atom is 0.408 e. The van der Waals surface area contributed by atoms with Gasteiger partial charge in [0.2, 0.25) is 17.7 Å². The van der Waals surface area contributed by atoms with Crippen molar-refractivity contribution in [2.24, 2.45) is 5.73 Å². The van der Waals surface area contributed by atoms with Crippen LogP contribution in [0.1, 0.15) is 78.5 Å². The first kappa shape index (κ1) is 33.1. The van der Waals surface area contributed by atoms with Crippen molar-refractivity contribution >= 4 is 35.9 Å². The van der Waals surface area contributed by atoms with E-state index in [0.717, 1.165) is 0 Å². The maximum absolute atomic E-state index is 14.0. The van der Waals surface area contributed by atoms with Gasteiger partial charge in [-0.3, -0.25) is 19.2 Å². The molecule has 0 saturated carbocycles. The Morgan fingerprint density at radius 2 is 1.74 bits per heavy atom. The lowest BCUT2D eigenvalue weighted by Crippen LogP contribution is -2.59. The summed E-state index contributed by atoms with van der Waals surface area (Å²) in [6, 6.07) is 4.29. The average Bonchev–Trinajstić information content (AvgIpc) is 2.79. The molecule has 4 amide bonds. The lowest BCUT2D eigenvalue weighted by Gasteiger charge is -2.43. The van der Waals surface area contributed by atoms with Gasteiger partial charge >= 0.3 is 12.1 Å². The number of nitrogens with zero attached hydrogens (tertiary/aromatic N) is 1. The molecule has 0 spiro atoms. The van der Waals surface area contributed by atoms with Crippen molar-refractivity contribution < 1.29 is 33.4 Å². The third-order valence-corrected chi connectivity index (χ3v) is 5.26. The smallest absolute Gasteiger partial charge is 0.408 e. The van der Waals surface area contributed by atoms with E-state index in [2.05, 4.69) is 17.2 Å². The Hall–Kier alpha value is -3.89. The largest absolute Gasteiger partial charge is 0.466 e. The second-order valence-corrected chi connectivity index (χ2v) is 10.9. The minimum absolute atomic E-state index is 0.0254. The SMILES string of the molecule is C=Cc1cccc(C(C(=O)NCCC(=O)OCC)N(C(=O)C(CC(N)=O)NC(=O)OC(C)(C)C)C(C)(C)C)c1. The summed E-state index contributed by atoms with van der Waals surface area (Å²) >= 11 is 0. The number of rotatable bonds is 12. The Morgan fingerprint density at radius 3 is 2.26 bits per heavy atom. The monoisotopic (exact) mass is 546 g/mol. The summed E-state index contributed by atoms with van der Waals surface area (Å²) < 4.78 is 10.2. The van der Waals surface area contributed by atoms with Crippen LogP contribution in [0, 0.1) is 0 Å². The summed E-state index contributed by atoms with van der Waals surface area (Å²) in [5, 5.41) is 5.14. The fourth-order valence-electron chi connectivity index (χ4n) is 3.76. The number of nitrogens with two attached hydrogens (primary N) is 1. The summed E-state index contributed by atoms with van der Waals surface area (Å²) in [6.07, 6.45) is 0.101. The zero-order valence-electron chi connectivity index (χ0n) is 24.0. The molecule has 2 unspecified atom stereocenters. The van der Waals surface area contributed by atoms with Crippen LogP contribution in [0.5, 0.6) is 0 Å². The molecule has 0 saturated heterocycles. The molecule has 1 aromatic rings. The molecule has 0 aliphatic heterocycles. The minimum Gasteiger partial charge on any atom is -0.466 e. The van der Waals surface area contributed by atoms with Gasteiger partial charge < -0.3 is 30.7 Å². The van der Waals surface area contributed by atoms with E-state index >= 15 is 0 Å². The van der Waals surface area contributed by atoms with Crippen LogP contribution in [-0.4, -0.2) is 65.0 Å². The third kappa shape index (κ3) is 11.2. The molecule has 11 heteroatoms. The summed E-state index contributed by atoms with van der Waals surface area (Å²) in [5.74, 6) is -2.60. The number of hydrogen-bond donors (Lipinski definition) is 3. The first-order chi connectivity index (χ1) is 18.0. The molecule has 4 N–H and O–H groups in total. The van der Waals surface area contributed by atoms with Gasteiger partial charge in [-0.15, -0.1) is 0 Å². The quantitative estimate of drug-likeness (QED) is 0.340. The highest BCUT2D eigenvalue weighted by Gasteiger charge is 2.42. The number of alkyl carbamates (subject to hydrolysis) is 1. The van der Waals surface area contributed by atoms with E-state index < -0.39 is 59.4 Å². The molecule has 0 fully saturated rings. The summed E-state index contributed by atoms with van der Waals surface area (Å²) in [7, 11) is 0. The number of carbonyl (C=O) groups excluding carboxylic acids is 5. The van der Waals surface area contributed by atoms with Crippen LogP contribution in [0.25, 0.3) is 6.08 Å². The second-order valence-electron chi connectivity index (χ2n) is 10.9. The lowest BCUT2D eigenvalue weighted by molar-refractivity contribution is -0.149. The minimum atomic E-state index is -1.41. The Kier molecular flexibility index (Phi) is 12.2. The molecular weight excluding hydrogens is 504 g/mol. The van der Waals surface area contributed by atoms with Crippen molar-refractivity contribution in [2.75, 3.05) is 13.2 Å². The first-order valence-electron chi connectivity index (χ1n) is 12.8. The van der Waals surface area contributed by atoms with Crippen LogP contribution < -0.4 is 16.4 Å². The number of esters is 1. The molecule has 0 aliphatic rings. The molecule has 0 aliphatic carbocycles. The number of hydrogen-bond acceptors (Lipinski definition) is 7. The number of carbonyl (C=O) groups is 5. The van der Waals surface area contributed by atoms with E-state index in [1.165, 1.54) is 4.90 Å². The van der Waals surface area contributed by atoms with E-state index in [9.17, 15) is 24.0 Å². The van der Waals surface area contributed by atoms with E-state index in [-0.39, 0.29) is 19.6 Å². The van der Waals surface area contributed by atoms with Crippen molar-refractivity contribution in [3.8, 4) is 0 Å². The number of primary amides is 1. The fourth-order valence-corrected chi connectivity index (χ4v) is 3.76. The van der Waals surface area contributed by atoms with Crippen LogP contribution >= 0.6 is 0 Å². The van der Waals surface area contributed by atoms with Gasteiger partial charge in [0.05, 0.1) is 19.4 Å². The van der Waals surface area contributed by atoms with Gasteiger partial charge in [-0.05, 0) is 65.7 Å². The van der Waals surface area contributed by atoms with Crippen LogP contribution in [0.4, 0.5) is 4.79 Å². The Bertz CT molecular complexity index is 1060. The Labute approximate surface area is 230 Å². The van der Waals surface area contributed by atoms with Crippen molar-refractivity contribution in [3.63, 3.8) is 0 Å². The average molecular weight is 547 g/mol. The number of ether oxygens (including phenoxy) is 2. The van der Waals surface area contributed by atoms with Gasteiger partial charge in [-0.2, -0.15) is 0 Å². The fraction of sp³-hybridized carbons (Fsp3) is 0.536. The van der Waals surface area contributed by atoms with Gasteiger partial charge in [0, 0.05) is 12.1 Å². The van der Waals surface area contributed by atoms with Crippen LogP contribution in [-0.2, 0) is 28.7 Å². The summed E-state index contributed by atoms with van der Waals surface area (Å²) in [4.78, 5) is 65.2. The van der Waals surface area contributed by atoms with E-state index in [1.807, 2.05) is 0 Å². The highest BCUT2D eigenvalue weighted by molar-refractivity contribution is 5.95. The number of benzene rings is 1. The predicted molar refractivity (Wildman–Crippen MR) is 147 cm³/mol. The van der Waals surface area contributed by atoms with Crippen LogP contribution in [0.3, 0.4) is 0 Å². The van der Waals surface area contributed by atoms with Crippen molar-refractivity contribution in [2.45, 2.75) is 84.5 Å². The highest BCUT2D eigenvalue weighted by Crippen LogP contribution is 2.31. The normalized spacial score (nSPS) is 12.9. The molecule has 1 rings (SSSR count). The van der Waals surface area contributed by atoms with Gasteiger partial charge in [-0.1, -0.05) is 30.9 Å². The molecular formula is C28H42N4O7. The molecule has 0 bridgehead atoms. The van der Waals surface area contributed by atoms with Crippen molar-refractivity contribution in [3.05, 3.63) is 42.0 Å². The van der Waals surface area contributed by atoms with E-state index in [1.54, 1.807) is 78.8 Å². The number of nitrogens with one attached hydrogen (secondary N) is 2.